The molecule has 1 heterocycles. The van der Waals surface area contributed by atoms with Gasteiger partial charge in [-0.2, -0.15) is 13.2 Å². The highest BCUT2D eigenvalue weighted by molar-refractivity contribution is 5.85. The normalized spacial score (nSPS) is 11.8. The molecular formula is C9H10F3NO4. The first kappa shape index (κ1) is 13.5. The Hall–Kier alpha value is -1.57. The summed E-state index contributed by atoms with van der Waals surface area (Å²) in [6.07, 6.45) is -4.39. The molecule has 0 aromatic carbocycles. The van der Waals surface area contributed by atoms with E-state index in [-0.39, 0.29) is 30.4 Å². The van der Waals surface area contributed by atoms with E-state index < -0.39 is 18.8 Å². The van der Waals surface area contributed by atoms with Crippen LogP contribution in [-0.4, -0.2) is 35.4 Å². The van der Waals surface area contributed by atoms with Gasteiger partial charge < -0.3 is 14.3 Å². The minimum atomic E-state index is -4.38. The van der Waals surface area contributed by atoms with Gasteiger partial charge in [-0.05, 0) is 6.92 Å². The lowest BCUT2D eigenvalue weighted by Crippen LogP contribution is -2.18. The second-order valence-electron chi connectivity index (χ2n) is 3.25. The summed E-state index contributed by atoms with van der Waals surface area (Å²) >= 11 is 0. The Kier molecular flexibility index (Phi) is 4.11. The van der Waals surface area contributed by atoms with Gasteiger partial charge in [0.25, 0.3) is 0 Å². The van der Waals surface area contributed by atoms with E-state index in [0.29, 0.717) is 0 Å². The topological polar surface area (TPSA) is 72.6 Å². The SMILES string of the molecule is Cc1nc(CCOCC(F)(F)F)oc1C(=O)O. The maximum Gasteiger partial charge on any atom is 0.411 e. The molecule has 0 aliphatic heterocycles. The van der Waals surface area contributed by atoms with Crippen molar-refractivity contribution in [3.63, 3.8) is 0 Å². The van der Waals surface area contributed by atoms with Crippen LogP contribution < -0.4 is 0 Å². The molecular weight excluding hydrogens is 243 g/mol. The van der Waals surface area contributed by atoms with Gasteiger partial charge in [-0.15, -0.1) is 0 Å². The van der Waals surface area contributed by atoms with Crippen LogP contribution >= 0.6 is 0 Å². The quantitative estimate of drug-likeness (QED) is 0.810. The van der Waals surface area contributed by atoms with Crippen molar-refractivity contribution >= 4 is 5.97 Å². The van der Waals surface area contributed by atoms with Crippen molar-refractivity contribution in [3.8, 4) is 0 Å². The fraction of sp³-hybridized carbons (Fsp3) is 0.556. The molecule has 0 spiro atoms. The number of hydrogen-bond donors (Lipinski definition) is 1. The number of oxazole rings is 1. The minimum absolute atomic E-state index is 0.00972. The van der Waals surface area contributed by atoms with E-state index in [9.17, 15) is 18.0 Å². The second-order valence-corrected chi connectivity index (χ2v) is 3.25. The second kappa shape index (κ2) is 5.17. The van der Waals surface area contributed by atoms with Crippen LogP contribution in [-0.2, 0) is 11.2 Å². The average Bonchev–Trinajstić information content (AvgIpc) is 2.53. The first-order chi connectivity index (χ1) is 7.79. The van der Waals surface area contributed by atoms with Gasteiger partial charge in [0, 0.05) is 6.42 Å². The molecule has 0 saturated carbocycles. The Balaban J connectivity index is 2.43. The zero-order chi connectivity index (χ0) is 13.1. The largest absolute Gasteiger partial charge is 0.475 e. The lowest BCUT2D eigenvalue weighted by atomic mass is 10.4. The van der Waals surface area contributed by atoms with Crippen LogP contribution in [0.3, 0.4) is 0 Å². The van der Waals surface area contributed by atoms with Crippen molar-refractivity contribution in [1.82, 2.24) is 4.98 Å². The molecule has 5 nitrogen and oxygen atoms in total. The smallest absolute Gasteiger partial charge is 0.411 e. The van der Waals surface area contributed by atoms with Crippen molar-refractivity contribution in [2.24, 2.45) is 0 Å². The van der Waals surface area contributed by atoms with Crippen LogP contribution in [0.1, 0.15) is 22.1 Å². The van der Waals surface area contributed by atoms with Crippen molar-refractivity contribution in [2.45, 2.75) is 19.5 Å². The number of aromatic carboxylic acids is 1. The molecule has 0 amide bonds. The summed E-state index contributed by atoms with van der Waals surface area (Å²) < 4.78 is 44.3. The minimum Gasteiger partial charge on any atom is -0.475 e. The van der Waals surface area contributed by atoms with Gasteiger partial charge in [0.05, 0.1) is 12.3 Å². The number of alkyl halides is 3. The fourth-order valence-electron chi connectivity index (χ4n) is 1.11. The molecule has 1 aromatic heterocycles. The number of halogens is 3. The lowest BCUT2D eigenvalue weighted by Gasteiger charge is -2.05. The first-order valence-corrected chi connectivity index (χ1v) is 4.63. The number of aryl methyl sites for hydroxylation is 1. The van der Waals surface area contributed by atoms with Crippen LogP contribution in [0, 0.1) is 6.92 Å². The number of rotatable bonds is 5. The number of ether oxygens (including phenoxy) is 1. The van der Waals surface area contributed by atoms with Gasteiger partial charge in [-0.3, -0.25) is 0 Å². The average molecular weight is 253 g/mol. The van der Waals surface area contributed by atoms with E-state index >= 15 is 0 Å². The predicted octanol–water partition coefficient (Wildman–Crippen LogP) is 1.80. The van der Waals surface area contributed by atoms with E-state index in [1.54, 1.807) is 0 Å². The highest BCUT2D eigenvalue weighted by Gasteiger charge is 2.27. The van der Waals surface area contributed by atoms with Gasteiger partial charge in [0.15, 0.2) is 5.89 Å². The molecule has 0 radical (unpaired) electrons. The summed E-state index contributed by atoms with van der Waals surface area (Å²) in [5.74, 6) is -1.53. The van der Waals surface area contributed by atoms with Gasteiger partial charge in [-0.1, -0.05) is 0 Å². The highest BCUT2D eigenvalue weighted by atomic mass is 19.4. The number of nitrogens with zero attached hydrogens (tertiary/aromatic N) is 1. The first-order valence-electron chi connectivity index (χ1n) is 4.63. The van der Waals surface area contributed by atoms with Crippen molar-refractivity contribution in [2.75, 3.05) is 13.2 Å². The van der Waals surface area contributed by atoms with Gasteiger partial charge >= 0.3 is 12.1 Å². The van der Waals surface area contributed by atoms with Crippen molar-refractivity contribution in [3.05, 3.63) is 17.3 Å². The van der Waals surface area contributed by atoms with Crippen LogP contribution in [0.25, 0.3) is 0 Å². The molecule has 0 aliphatic rings. The molecule has 1 aromatic rings. The maximum atomic E-state index is 11.7. The standard InChI is InChI=1S/C9H10F3NO4/c1-5-7(8(14)15)17-6(13-5)2-3-16-4-9(10,11)12/h2-4H2,1H3,(H,14,15). The Morgan fingerprint density at radius 2 is 2.18 bits per heavy atom. The van der Waals surface area contributed by atoms with E-state index in [1.807, 2.05) is 0 Å². The Morgan fingerprint density at radius 3 is 2.65 bits per heavy atom. The molecule has 0 unspecified atom stereocenters. The third-order valence-corrected chi connectivity index (χ3v) is 1.76. The summed E-state index contributed by atoms with van der Waals surface area (Å²) in [5, 5.41) is 8.64. The van der Waals surface area contributed by atoms with E-state index in [2.05, 4.69) is 9.72 Å². The van der Waals surface area contributed by atoms with E-state index in [1.165, 1.54) is 6.92 Å². The summed E-state index contributed by atoms with van der Waals surface area (Å²) in [6.45, 7) is -0.149. The molecule has 17 heavy (non-hydrogen) atoms. The molecule has 0 fully saturated rings. The molecule has 0 saturated heterocycles. The molecule has 8 heteroatoms. The number of carbonyl (C=O) groups is 1. The molecule has 0 aliphatic carbocycles. The summed E-state index contributed by atoms with van der Waals surface area (Å²) in [4.78, 5) is 14.3. The fourth-order valence-corrected chi connectivity index (χ4v) is 1.11. The van der Waals surface area contributed by atoms with Gasteiger partial charge in [0.2, 0.25) is 5.76 Å². The molecule has 1 N–H and O–H groups in total. The highest BCUT2D eigenvalue weighted by Crippen LogP contribution is 2.15. The van der Waals surface area contributed by atoms with Crippen molar-refractivity contribution in [1.29, 1.82) is 0 Å². The van der Waals surface area contributed by atoms with Crippen molar-refractivity contribution < 1.29 is 32.2 Å². The van der Waals surface area contributed by atoms with E-state index in [4.69, 9.17) is 9.52 Å². The summed E-state index contributed by atoms with van der Waals surface area (Å²) in [5.41, 5.74) is 0.184. The Morgan fingerprint density at radius 1 is 1.53 bits per heavy atom. The number of carboxylic acid groups (broad SMARTS) is 1. The van der Waals surface area contributed by atoms with Gasteiger partial charge in [0.1, 0.15) is 6.61 Å². The summed E-state index contributed by atoms with van der Waals surface area (Å²) in [6, 6.07) is 0. The van der Waals surface area contributed by atoms with Gasteiger partial charge in [-0.25, -0.2) is 9.78 Å². The summed E-state index contributed by atoms with van der Waals surface area (Å²) in [7, 11) is 0. The maximum absolute atomic E-state index is 11.7. The lowest BCUT2D eigenvalue weighted by molar-refractivity contribution is -0.173. The Bertz CT molecular complexity index is 399. The van der Waals surface area contributed by atoms with Crippen LogP contribution in [0.5, 0.6) is 0 Å². The number of hydrogen-bond acceptors (Lipinski definition) is 4. The predicted molar refractivity (Wildman–Crippen MR) is 48.8 cm³/mol. The zero-order valence-corrected chi connectivity index (χ0v) is 8.87. The third-order valence-electron chi connectivity index (χ3n) is 1.76. The molecule has 96 valence electrons. The number of aromatic nitrogens is 1. The molecule has 0 bridgehead atoms. The van der Waals surface area contributed by atoms with Crippen LogP contribution in [0.2, 0.25) is 0 Å². The molecule has 0 atom stereocenters. The number of carboxylic acids is 1. The third kappa shape index (κ3) is 4.43. The van der Waals surface area contributed by atoms with Crippen LogP contribution in [0.4, 0.5) is 13.2 Å². The zero-order valence-electron chi connectivity index (χ0n) is 8.87. The van der Waals surface area contributed by atoms with E-state index in [0.717, 1.165) is 0 Å². The van der Waals surface area contributed by atoms with Crippen LogP contribution in [0.15, 0.2) is 4.42 Å². The Labute approximate surface area is 94.2 Å². The monoisotopic (exact) mass is 253 g/mol. The molecule has 1 rings (SSSR count).